The zero-order valence-electron chi connectivity index (χ0n) is 9.94. The number of aliphatic hydroxyl groups excluding tert-OH is 1. The predicted octanol–water partition coefficient (Wildman–Crippen LogP) is 0.334. The van der Waals surface area contributed by atoms with Crippen LogP contribution in [-0.4, -0.2) is 29.7 Å². The Morgan fingerprint density at radius 1 is 1.59 bits per heavy atom. The number of hydrogen-bond acceptors (Lipinski definition) is 3. The number of benzene rings is 1. The van der Waals surface area contributed by atoms with Gasteiger partial charge in [-0.3, -0.25) is 4.79 Å². The molecule has 1 amide bonds. The first-order chi connectivity index (χ1) is 8.15. The van der Waals surface area contributed by atoms with E-state index in [1.54, 1.807) is 0 Å². The van der Waals surface area contributed by atoms with E-state index in [1.807, 2.05) is 25.1 Å². The van der Waals surface area contributed by atoms with Crippen molar-refractivity contribution in [3.05, 3.63) is 35.4 Å². The Morgan fingerprint density at radius 2 is 2.41 bits per heavy atom. The van der Waals surface area contributed by atoms with Gasteiger partial charge in [-0.05, 0) is 18.9 Å². The van der Waals surface area contributed by atoms with Crippen LogP contribution in [0, 0.1) is 6.92 Å². The third-order valence-electron chi connectivity index (χ3n) is 2.97. The quantitative estimate of drug-likeness (QED) is 0.706. The molecule has 1 aliphatic rings. The van der Waals surface area contributed by atoms with Gasteiger partial charge in [0.2, 0.25) is 5.91 Å². The molecule has 3 N–H and O–H groups in total. The number of aryl methyl sites for hydroxylation is 1. The van der Waals surface area contributed by atoms with Crippen LogP contribution < -0.4 is 10.6 Å². The molecule has 17 heavy (non-hydrogen) atoms. The van der Waals surface area contributed by atoms with E-state index >= 15 is 0 Å². The monoisotopic (exact) mass is 234 g/mol. The topological polar surface area (TPSA) is 61.4 Å². The zero-order chi connectivity index (χ0) is 12.3. The maximum Gasteiger partial charge on any atom is 0.237 e. The Hall–Kier alpha value is -1.39. The van der Waals surface area contributed by atoms with Crippen LogP contribution in [0.4, 0.5) is 0 Å². The van der Waals surface area contributed by atoms with Crippen LogP contribution in [0.2, 0.25) is 0 Å². The summed E-state index contributed by atoms with van der Waals surface area (Å²) in [7, 11) is 0. The molecule has 0 bridgehead atoms. The summed E-state index contributed by atoms with van der Waals surface area (Å²) in [6, 6.07) is 7.80. The van der Waals surface area contributed by atoms with Crippen molar-refractivity contribution in [2.45, 2.75) is 32.0 Å². The van der Waals surface area contributed by atoms with Crippen LogP contribution in [-0.2, 0) is 11.3 Å². The Bertz CT molecular complexity index is 406. The van der Waals surface area contributed by atoms with Crippen molar-refractivity contribution in [2.24, 2.45) is 0 Å². The molecule has 1 fully saturated rings. The number of carbonyl (C=O) groups excluding carboxylic acids is 1. The summed E-state index contributed by atoms with van der Waals surface area (Å²) in [6.07, 6.45) is 0.101. The molecule has 1 heterocycles. The average Bonchev–Trinajstić information content (AvgIpc) is 2.73. The summed E-state index contributed by atoms with van der Waals surface area (Å²) < 4.78 is 0. The fraction of sp³-hybridized carbons (Fsp3) is 0.462. The molecule has 1 aliphatic heterocycles. The van der Waals surface area contributed by atoms with Crippen molar-refractivity contribution in [2.75, 3.05) is 6.54 Å². The number of rotatable bonds is 3. The molecule has 0 aromatic heterocycles. The van der Waals surface area contributed by atoms with Gasteiger partial charge < -0.3 is 15.7 Å². The molecular weight excluding hydrogens is 216 g/mol. The summed E-state index contributed by atoms with van der Waals surface area (Å²) in [5.74, 6) is -0.0388. The maximum atomic E-state index is 11.8. The highest BCUT2D eigenvalue weighted by Crippen LogP contribution is 2.07. The van der Waals surface area contributed by atoms with Crippen molar-refractivity contribution in [3.8, 4) is 0 Å². The molecule has 0 spiro atoms. The van der Waals surface area contributed by atoms with E-state index in [4.69, 9.17) is 0 Å². The third kappa shape index (κ3) is 3.28. The Balaban J connectivity index is 1.84. The van der Waals surface area contributed by atoms with Gasteiger partial charge in [-0.2, -0.15) is 0 Å². The van der Waals surface area contributed by atoms with E-state index in [0.717, 1.165) is 5.56 Å². The fourth-order valence-electron chi connectivity index (χ4n) is 2.05. The van der Waals surface area contributed by atoms with Gasteiger partial charge in [-0.15, -0.1) is 0 Å². The van der Waals surface area contributed by atoms with Gasteiger partial charge in [0.15, 0.2) is 0 Å². The van der Waals surface area contributed by atoms with Gasteiger partial charge in [0.1, 0.15) is 0 Å². The van der Waals surface area contributed by atoms with Crippen LogP contribution in [0.3, 0.4) is 0 Å². The molecule has 1 aromatic carbocycles. The minimum absolute atomic E-state index is 0.0388. The van der Waals surface area contributed by atoms with Crippen molar-refractivity contribution < 1.29 is 9.90 Å². The fourth-order valence-corrected chi connectivity index (χ4v) is 2.05. The first-order valence-electron chi connectivity index (χ1n) is 5.90. The first kappa shape index (κ1) is 12.1. The second kappa shape index (κ2) is 5.29. The van der Waals surface area contributed by atoms with Crippen LogP contribution in [0.1, 0.15) is 17.5 Å². The largest absolute Gasteiger partial charge is 0.392 e. The average molecular weight is 234 g/mol. The molecule has 1 saturated heterocycles. The predicted molar refractivity (Wildman–Crippen MR) is 65.4 cm³/mol. The van der Waals surface area contributed by atoms with E-state index < -0.39 is 6.10 Å². The van der Waals surface area contributed by atoms with Gasteiger partial charge in [0.25, 0.3) is 0 Å². The van der Waals surface area contributed by atoms with Crippen LogP contribution in [0.15, 0.2) is 24.3 Å². The lowest BCUT2D eigenvalue weighted by atomic mass is 10.1. The van der Waals surface area contributed by atoms with Crippen LogP contribution >= 0.6 is 0 Å². The Labute approximate surface area is 101 Å². The molecule has 92 valence electrons. The lowest BCUT2D eigenvalue weighted by Crippen LogP contribution is -2.40. The molecular formula is C13H18N2O2. The SMILES string of the molecule is Cc1cccc(CNC(=O)[C@H]2C[C@H](O)CN2)c1. The summed E-state index contributed by atoms with van der Waals surface area (Å²) in [4.78, 5) is 11.8. The molecule has 1 aromatic rings. The van der Waals surface area contributed by atoms with Crippen molar-refractivity contribution in [3.63, 3.8) is 0 Å². The standard InChI is InChI=1S/C13H18N2O2/c1-9-3-2-4-10(5-9)7-15-13(17)12-6-11(16)8-14-12/h2-5,11-12,14,16H,6-8H2,1H3,(H,15,17)/t11-,12+/m0/s1. The molecule has 2 rings (SSSR count). The molecule has 0 radical (unpaired) electrons. The lowest BCUT2D eigenvalue weighted by Gasteiger charge is -2.11. The van der Waals surface area contributed by atoms with Gasteiger partial charge in [-0.25, -0.2) is 0 Å². The number of hydrogen-bond donors (Lipinski definition) is 3. The highest BCUT2D eigenvalue weighted by molar-refractivity contribution is 5.82. The highest BCUT2D eigenvalue weighted by Gasteiger charge is 2.27. The Morgan fingerprint density at radius 3 is 3.06 bits per heavy atom. The number of nitrogens with one attached hydrogen (secondary N) is 2. The first-order valence-corrected chi connectivity index (χ1v) is 5.90. The lowest BCUT2D eigenvalue weighted by molar-refractivity contribution is -0.123. The smallest absolute Gasteiger partial charge is 0.237 e. The van der Waals surface area contributed by atoms with Crippen molar-refractivity contribution >= 4 is 5.91 Å². The van der Waals surface area contributed by atoms with Crippen molar-refractivity contribution in [1.82, 2.24) is 10.6 Å². The molecule has 0 saturated carbocycles. The van der Waals surface area contributed by atoms with Gasteiger partial charge >= 0.3 is 0 Å². The van der Waals surface area contributed by atoms with Gasteiger partial charge in [0.05, 0.1) is 12.1 Å². The second-order valence-electron chi connectivity index (χ2n) is 4.56. The third-order valence-corrected chi connectivity index (χ3v) is 2.97. The van der Waals surface area contributed by atoms with E-state index in [0.29, 0.717) is 19.5 Å². The van der Waals surface area contributed by atoms with Crippen molar-refractivity contribution in [1.29, 1.82) is 0 Å². The highest BCUT2D eigenvalue weighted by atomic mass is 16.3. The summed E-state index contributed by atoms with van der Waals surface area (Å²) in [6.45, 7) is 3.07. The van der Waals surface area contributed by atoms with E-state index in [1.165, 1.54) is 5.56 Å². The molecule has 0 aliphatic carbocycles. The van der Waals surface area contributed by atoms with E-state index in [-0.39, 0.29) is 11.9 Å². The van der Waals surface area contributed by atoms with E-state index in [2.05, 4.69) is 16.7 Å². The van der Waals surface area contributed by atoms with Crippen LogP contribution in [0.5, 0.6) is 0 Å². The summed E-state index contributed by atoms with van der Waals surface area (Å²) in [5.41, 5.74) is 2.28. The molecule has 4 nitrogen and oxygen atoms in total. The second-order valence-corrected chi connectivity index (χ2v) is 4.56. The van der Waals surface area contributed by atoms with Gasteiger partial charge in [-0.1, -0.05) is 29.8 Å². The number of β-amino-alcohol motifs (C(OH)–C–C–N with tert-alkyl or cyclic N) is 1. The normalized spacial score (nSPS) is 23.6. The minimum atomic E-state index is -0.398. The maximum absolute atomic E-state index is 11.8. The summed E-state index contributed by atoms with van der Waals surface area (Å²) >= 11 is 0. The minimum Gasteiger partial charge on any atom is -0.392 e. The molecule has 0 unspecified atom stereocenters. The Kier molecular flexibility index (Phi) is 3.76. The number of amides is 1. The number of carbonyl (C=O) groups is 1. The molecule has 4 heteroatoms. The summed E-state index contributed by atoms with van der Waals surface area (Å²) in [5, 5.41) is 15.2. The number of aliphatic hydroxyl groups is 1. The van der Waals surface area contributed by atoms with E-state index in [9.17, 15) is 9.90 Å². The van der Waals surface area contributed by atoms with Gasteiger partial charge in [0, 0.05) is 13.1 Å². The zero-order valence-corrected chi connectivity index (χ0v) is 9.94. The van der Waals surface area contributed by atoms with Crippen LogP contribution in [0.25, 0.3) is 0 Å². The molecule has 2 atom stereocenters.